The van der Waals surface area contributed by atoms with Crippen LogP contribution < -0.4 is 9.80 Å². The lowest BCUT2D eigenvalue weighted by Gasteiger charge is -2.29. The summed E-state index contributed by atoms with van der Waals surface area (Å²) in [4.78, 5) is 4.89. The fourth-order valence-corrected chi connectivity index (χ4v) is 13.3. The number of fused-ring (bicyclic) bond motifs is 4. The van der Waals surface area contributed by atoms with Crippen LogP contribution in [0, 0.1) is 13.8 Å². The number of aryl methyl sites for hydroxylation is 2. The molecule has 0 spiro atoms. The SMILES string of the molecule is Cc1cccc(N(c2ccc(-c3ccccc3)cc2)c2ccc3c(-c4cc5ccccc5cc4C4C=CC=CC4)c4cc(N(c5ccc(-c6ccccc6)cc5)c5cccc(C)c5)ccc4c(-c4cc5ccccc5cc4-c4ccccc4)c3c2)c1. The van der Waals surface area contributed by atoms with Gasteiger partial charge in [-0.3, -0.25) is 0 Å². The lowest BCUT2D eigenvalue weighted by atomic mass is 9.79. The van der Waals surface area contributed by atoms with Crippen molar-refractivity contribution in [2.45, 2.75) is 26.2 Å². The third-order valence-electron chi connectivity index (χ3n) is 17.4. The minimum Gasteiger partial charge on any atom is -0.310 e. The summed E-state index contributed by atoms with van der Waals surface area (Å²) in [6.07, 6.45) is 10.1. The van der Waals surface area contributed by atoms with Crippen LogP contribution in [0.2, 0.25) is 0 Å². The van der Waals surface area contributed by atoms with Crippen molar-refractivity contribution in [2.75, 3.05) is 9.80 Å². The standard InChI is InChI=1S/C84H62N2/c1-57-21-19-35-71(49-57)85(69-41-37-61(38-42-69)59-23-7-3-8-24-59)73-45-47-75-81(55-73)83(79-53-67-33-17-15-31-65(67)51-77(79)63-27-11-5-12-28-63)76-48-46-74(86(72-36-20-22-58(2)50-72)70-43-39-62(40-44-70)60-25-9-4-10-26-60)56-82(76)84(75)80-54-68-34-18-16-32-66(68)52-78(80)64-29-13-6-14-30-64/h3-29,31-56,64H,30H2,1-2H3. The molecular weight excluding hydrogens is 1040 g/mol. The van der Waals surface area contributed by atoms with Crippen molar-refractivity contribution in [3.05, 3.63) is 338 Å². The third kappa shape index (κ3) is 9.81. The van der Waals surface area contributed by atoms with Gasteiger partial charge in [-0.2, -0.15) is 0 Å². The summed E-state index contributed by atoms with van der Waals surface area (Å²) < 4.78 is 0. The van der Waals surface area contributed by atoms with Gasteiger partial charge in [-0.1, -0.05) is 224 Å². The van der Waals surface area contributed by atoms with Crippen LogP contribution in [0.3, 0.4) is 0 Å². The summed E-state index contributed by atoms with van der Waals surface area (Å²) in [5, 5.41) is 9.57. The Labute approximate surface area is 504 Å². The van der Waals surface area contributed by atoms with Crippen molar-refractivity contribution in [3.63, 3.8) is 0 Å². The Kier molecular flexibility index (Phi) is 13.6. The summed E-state index contributed by atoms with van der Waals surface area (Å²) in [6.45, 7) is 4.38. The molecule has 0 aliphatic heterocycles. The maximum atomic E-state index is 2.50. The highest BCUT2D eigenvalue weighted by atomic mass is 15.1. The topological polar surface area (TPSA) is 6.48 Å². The fraction of sp³-hybridized carbons (Fsp3) is 0.0476. The molecule has 0 heterocycles. The summed E-state index contributed by atoms with van der Waals surface area (Å²) >= 11 is 0. The Morgan fingerprint density at radius 3 is 1.14 bits per heavy atom. The molecule has 86 heavy (non-hydrogen) atoms. The highest BCUT2D eigenvalue weighted by Gasteiger charge is 2.27. The Bertz CT molecular complexity index is 4900. The van der Waals surface area contributed by atoms with Gasteiger partial charge >= 0.3 is 0 Å². The van der Waals surface area contributed by atoms with Gasteiger partial charge in [0, 0.05) is 40.0 Å². The molecule has 15 rings (SSSR count). The molecule has 14 aromatic carbocycles. The van der Waals surface area contributed by atoms with Gasteiger partial charge < -0.3 is 9.80 Å². The number of nitrogens with zero attached hydrogens (tertiary/aromatic N) is 2. The van der Waals surface area contributed by atoms with E-state index in [1.807, 2.05) is 0 Å². The average molecular weight is 1100 g/mol. The molecule has 1 aliphatic rings. The zero-order chi connectivity index (χ0) is 57.5. The highest BCUT2D eigenvalue weighted by Crippen LogP contribution is 2.52. The zero-order valence-electron chi connectivity index (χ0n) is 48.3. The molecule has 0 saturated carbocycles. The number of rotatable bonds is 12. The molecule has 0 amide bonds. The lowest BCUT2D eigenvalue weighted by molar-refractivity contribution is 0.858. The van der Waals surface area contributed by atoms with E-state index in [4.69, 9.17) is 0 Å². The summed E-state index contributed by atoms with van der Waals surface area (Å²) in [5.74, 6) is 0.166. The minimum atomic E-state index is 0.166. The van der Waals surface area contributed by atoms with Gasteiger partial charge in [-0.05, 0) is 233 Å². The first-order valence-corrected chi connectivity index (χ1v) is 30.0. The first-order valence-electron chi connectivity index (χ1n) is 30.0. The fourth-order valence-electron chi connectivity index (χ4n) is 13.3. The second-order valence-corrected chi connectivity index (χ2v) is 22.9. The van der Waals surface area contributed by atoms with Gasteiger partial charge in [0.15, 0.2) is 0 Å². The van der Waals surface area contributed by atoms with E-state index in [1.54, 1.807) is 0 Å². The summed E-state index contributed by atoms with van der Waals surface area (Å²) in [6, 6.07) is 111. The number of hydrogen-bond donors (Lipinski definition) is 0. The van der Waals surface area contributed by atoms with E-state index in [1.165, 1.54) is 115 Å². The van der Waals surface area contributed by atoms with E-state index in [0.29, 0.717) is 0 Å². The van der Waals surface area contributed by atoms with Gasteiger partial charge in [-0.25, -0.2) is 0 Å². The monoisotopic (exact) mass is 1100 g/mol. The quantitative estimate of drug-likeness (QED) is 0.113. The van der Waals surface area contributed by atoms with Gasteiger partial charge in [0.05, 0.1) is 0 Å². The molecule has 0 fully saturated rings. The molecule has 2 heteroatoms. The Morgan fingerprint density at radius 2 is 0.674 bits per heavy atom. The molecular formula is C84H62N2. The molecule has 0 saturated heterocycles. The van der Waals surface area contributed by atoms with Crippen molar-refractivity contribution >= 4 is 77.2 Å². The van der Waals surface area contributed by atoms with Crippen LogP contribution >= 0.6 is 0 Å². The largest absolute Gasteiger partial charge is 0.310 e. The number of benzene rings is 14. The second-order valence-electron chi connectivity index (χ2n) is 22.9. The molecule has 2 nitrogen and oxygen atoms in total. The van der Waals surface area contributed by atoms with E-state index < -0.39 is 0 Å². The second kappa shape index (κ2) is 22.4. The van der Waals surface area contributed by atoms with Crippen LogP contribution in [0.1, 0.15) is 29.0 Å². The van der Waals surface area contributed by atoms with Crippen molar-refractivity contribution < 1.29 is 0 Å². The summed E-state index contributed by atoms with van der Waals surface area (Å²) in [7, 11) is 0. The molecule has 0 aromatic heterocycles. The molecule has 0 radical (unpaired) electrons. The molecule has 408 valence electrons. The van der Waals surface area contributed by atoms with Crippen molar-refractivity contribution in [1.82, 2.24) is 0 Å². The zero-order valence-corrected chi connectivity index (χ0v) is 48.3. The predicted molar refractivity (Wildman–Crippen MR) is 368 cm³/mol. The molecule has 14 aromatic rings. The normalized spacial score (nSPS) is 13.0. The number of hydrogen-bond acceptors (Lipinski definition) is 2. The van der Waals surface area contributed by atoms with Crippen molar-refractivity contribution in [3.8, 4) is 55.6 Å². The van der Waals surface area contributed by atoms with Gasteiger partial charge in [0.2, 0.25) is 0 Å². The number of anilines is 6. The van der Waals surface area contributed by atoms with Crippen LogP contribution in [-0.4, -0.2) is 0 Å². The maximum Gasteiger partial charge on any atom is 0.0468 e. The molecule has 1 aliphatic carbocycles. The maximum absolute atomic E-state index is 2.50. The van der Waals surface area contributed by atoms with E-state index in [0.717, 1.165) is 40.5 Å². The third-order valence-corrected chi connectivity index (χ3v) is 17.4. The smallest absolute Gasteiger partial charge is 0.0468 e. The first kappa shape index (κ1) is 52.0. The van der Waals surface area contributed by atoms with Gasteiger partial charge in [0.25, 0.3) is 0 Å². The highest BCUT2D eigenvalue weighted by molar-refractivity contribution is 6.25. The lowest BCUT2D eigenvalue weighted by Crippen LogP contribution is -2.11. The van der Waals surface area contributed by atoms with Crippen LogP contribution in [0.25, 0.3) is 98.7 Å². The van der Waals surface area contributed by atoms with Crippen LogP contribution in [0.15, 0.2) is 322 Å². The van der Waals surface area contributed by atoms with Crippen molar-refractivity contribution in [2.24, 2.45) is 0 Å². The van der Waals surface area contributed by atoms with Crippen LogP contribution in [0.4, 0.5) is 34.1 Å². The average Bonchev–Trinajstić information content (AvgIpc) is 0.929. The van der Waals surface area contributed by atoms with E-state index >= 15 is 0 Å². The number of allylic oxidation sites excluding steroid dienone is 4. The molecule has 0 N–H and O–H groups in total. The Hall–Kier alpha value is -10.8. The van der Waals surface area contributed by atoms with Gasteiger partial charge in [-0.15, -0.1) is 0 Å². The minimum absolute atomic E-state index is 0.166. The predicted octanol–water partition coefficient (Wildman–Crippen LogP) is 23.8. The van der Waals surface area contributed by atoms with E-state index in [9.17, 15) is 0 Å². The Morgan fingerprint density at radius 1 is 0.279 bits per heavy atom. The molecule has 0 bridgehead atoms. The Balaban J connectivity index is 1.08. The molecule has 1 atom stereocenters. The first-order chi connectivity index (χ1) is 42.5. The van der Waals surface area contributed by atoms with Gasteiger partial charge in [0.1, 0.15) is 0 Å². The van der Waals surface area contributed by atoms with E-state index in [2.05, 4.69) is 345 Å². The van der Waals surface area contributed by atoms with Crippen LogP contribution in [0.5, 0.6) is 0 Å². The van der Waals surface area contributed by atoms with Crippen LogP contribution in [-0.2, 0) is 0 Å². The van der Waals surface area contributed by atoms with E-state index in [-0.39, 0.29) is 5.92 Å². The summed E-state index contributed by atoms with van der Waals surface area (Å²) in [5.41, 5.74) is 22.2. The molecule has 1 unspecified atom stereocenters. The van der Waals surface area contributed by atoms with Crippen molar-refractivity contribution in [1.29, 1.82) is 0 Å².